The van der Waals surface area contributed by atoms with Crippen molar-refractivity contribution in [3.8, 4) is 28.6 Å². The van der Waals surface area contributed by atoms with E-state index in [0.29, 0.717) is 29.4 Å². The summed E-state index contributed by atoms with van der Waals surface area (Å²) in [5, 5.41) is 10.7. The van der Waals surface area contributed by atoms with Crippen LogP contribution in [-0.4, -0.2) is 38.8 Å². The first-order valence-electron chi connectivity index (χ1n) is 8.60. The van der Waals surface area contributed by atoms with E-state index in [-0.39, 0.29) is 0 Å². The van der Waals surface area contributed by atoms with Crippen molar-refractivity contribution in [1.29, 1.82) is 0 Å². The van der Waals surface area contributed by atoms with E-state index in [9.17, 15) is 5.11 Å². The molecule has 1 heterocycles. The van der Waals surface area contributed by atoms with Crippen LogP contribution in [-0.2, 0) is 6.42 Å². The molecule has 144 valence electrons. The summed E-state index contributed by atoms with van der Waals surface area (Å²) >= 11 is 1.60. The lowest BCUT2D eigenvalue weighted by atomic mass is 10.1. The van der Waals surface area contributed by atoms with Gasteiger partial charge in [0.1, 0.15) is 28.4 Å². The maximum absolute atomic E-state index is 9.70. The number of methoxy groups -OCH3 is 3. The minimum Gasteiger partial charge on any atom is -0.496 e. The van der Waals surface area contributed by atoms with Gasteiger partial charge in [-0.05, 0) is 37.3 Å². The molecule has 1 unspecified atom stereocenters. The van der Waals surface area contributed by atoms with Gasteiger partial charge in [0.15, 0.2) is 5.76 Å². The van der Waals surface area contributed by atoms with Crippen LogP contribution >= 0.6 is 11.8 Å². The van der Waals surface area contributed by atoms with Gasteiger partial charge in [-0.15, -0.1) is 11.8 Å². The third-order valence-electron chi connectivity index (χ3n) is 4.38. The van der Waals surface area contributed by atoms with Crippen LogP contribution in [0.25, 0.3) is 22.3 Å². The summed E-state index contributed by atoms with van der Waals surface area (Å²) in [6.45, 7) is 1.79. The Morgan fingerprint density at radius 3 is 2.22 bits per heavy atom. The SMILES string of the molecule is COc1cc(OC)c(-c2oc3ccc(CC(C)O)cc3c2SC)c(OC)c1. The third-order valence-corrected chi connectivity index (χ3v) is 5.20. The molecule has 3 rings (SSSR count). The number of aliphatic hydroxyl groups excluding tert-OH is 1. The zero-order valence-corrected chi connectivity index (χ0v) is 17.0. The van der Waals surface area contributed by atoms with Crippen LogP contribution in [0.4, 0.5) is 0 Å². The van der Waals surface area contributed by atoms with E-state index in [4.69, 9.17) is 18.6 Å². The normalized spacial score (nSPS) is 12.2. The molecule has 0 aliphatic rings. The van der Waals surface area contributed by atoms with Crippen LogP contribution in [0.3, 0.4) is 0 Å². The number of aliphatic hydroxyl groups is 1. The fourth-order valence-electron chi connectivity index (χ4n) is 3.19. The number of ether oxygens (including phenoxy) is 3. The molecule has 1 N–H and O–H groups in total. The van der Waals surface area contributed by atoms with Gasteiger partial charge >= 0.3 is 0 Å². The van der Waals surface area contributed by atoms with E-state index in [0.717, 1.165) is 27.0 Å². The van der Waals surface area contributed by atoms with E-state index in [1.807, 2.05) is 30.5 Å². The monoisotopic (exact) mass is 388 g/mol. The smallest absolute Gasteiger partial charge is 0.156 e. The van der Waals surface area contributed by atoms with Gasteiger partial charge in [-0.1, -0.05) is 6.07 Å². The molecule has 27 heavy (non-hydrogen) atoms. The highest BCUT2D eigenvalue weighted by Crippen LogP contribution is 2.48. The van der Waals surface area contributed by atoms with Crippen LogP contribution in [0.1, 0.15) is 12.5 Å². The summed E-state index contributed by atoms with van der Waals surface area (Å²) < 4.78 is 22.7. The average molecular weight is 388 g/mol. The molecule has 0 aliphatic heterocycles. The van der Waals surface area contributed by atoms with Crippen LogP contribution in [0, 0.1) is 0 Å². The van der Waals surface area contributed by atoms with Crippen LogP contribution in [0.2, 0.25) is 0 Å². The van der Waals surface area contributed by atoms with Gasteiger partial charge in [0.25, 0.3) is 0 Å². The zero-order chi connectivity index (χ0) is 19.6. The summed E-state index contributed by atoms with van der Waals surface area (Å²) in [5.41, 5.74) is 2.59. The average Bonchev–Trinajstić information content (AvgIpc) is 3.03. The Morgan fingerprint density at radius 1 is 1.04 bits per heavy atom. The van der Waals surface area contributed by atoms with Gasteiger partial charge in [-0.25, -0.2) is 0 Å². The summed E-state index contributed by atoms with van der Waals surface area (Å²) in [7, 11) is 4.83. The van der Waals surface area contributed by atoms with Crippen LogP contribution in [0.5, 0.6) is 17.2 Å². The first-order chi connectivity index (χ1) is 13.0. The summed E-state index contributed by atoms with van der Waals surface area (Å²) in [6, 6.07) is 9.62. The van der Waals surface area contributed by atoms with E-state index in [1.54, 1.807) is 40.0 Å². The summed E-state index contributed by atoms with van der Waals surface area (Å²) in [5.74, 6) is 2.58. The Balaban J connectivity index is 2.25. The molecule has 0 fully saturated rings. The predicted molar refractivity (Wildman–Crippen MR) is 108 cm³/mol. The van der Waals surface area contributed by atoms with Gasteiger partial charge in [0, 0.05) is 17.5 Å². The fraction of sp³-hybridized carbons (Fsp3) is 0.333. The van der Waals surface area contributed by atoms with Crippen LogP contribution in [0.15, 0.2) is 39.6 Å². The molecular formula is C21H24O5S. The van der Waals surface area contributed by atoms with Crippen molar-refractivity contribution in [2.24, 2.45) is 0 Å². The predicted octanol–water partition coefficient (Wildman–Crippen LogP) is 4.77. The minimum absolute atomic E-state index is 0.395. The quantitative estimate of drug-likeness (QED) is 0.588. The molecule has 6 heteroatoms. The molecule has 0 radical (unpaired) electrons. The second-order valence-electron chi connectivity index (χ2n) is 6.26. The summed E-state index contributed by atoms with van der Waals surface area (Å²) in [6.07, 6.45) is 2.21. The van der Waals surface area contributed by atoms with Crippen molar-refractivity contribution in [3.05, 3.63) is 35.9 Å². The maximum atomic E-state index is 9.70. The van der Waals surface area contributed by atoms with Gasteiger partial charge < -0.3 is 23.7 Å². The highest BCUT2D eigenvalue weighted by atomic mass is 32.2. The number of thioether (sulfide) groups is 1. The lowest BCUT2D eigenvalue weighted by Crippen LogP contribution is -2.03. The molecule has 1 aromatic heterocycles. The molecule has 0 saturated heterocycles. The van der Waals surface area contributed by atoms with Crippen molar-refractivity contribution in [2.75, 3.05) is 27.6 Å². The summed E-state index contributed by atoms with van der Waals surface area (Å²) in [4.78, 5) is 0.999. The highest BCUT2D eigenvalue weighted by Gasteiger charge is 2.24. The van der Waals surface area contributed by atoms with Gasteiger partial charge in [-0.2, -0.15) is 0 Å². The van der Waals surface area contributed by atoms with Crippen molar-refractivity contribution < 1.29 is 23.7 Å². The largest absolute Gasteiger partial charge is 0.496 e. The minimum atomic E-state index is -0.395. The number of benzene rings is 2. The number of rotatable bonds is 7. The number of fused-ring (bicyclic) bond motifs is 1. The Hall–Kier alpha value is -2.31. The van der Waals surface area contributed by atoms with Gasteiger partial charge in [-0.3, -0.25) is 0 Å². The standard InChI is InChI=1S/C21H24O5S/c1-12(22)8-13-6-7-16-15(9-13)21(27-5)20(26-16)19-17(24-3)10-14(23-2)11-18(19)25-4/h6-7,9-12,22H,8H2,1-5H3. The Bertz CT molecular complexity index is 920. The molecule has 0 bridgehead atoms. The maximum Gasteiger partial charge on any atom is 0.156 e. The lowest BCUT2D eigenvalue weighted by Gasteiger charge is -2.14. The number of hydrogen-bond acceptors (Lipinski definition) is 6. The van der Waals surface area contributed by atoms with E-state index >= 15 is 0 Å². The van der Waals surface area contributed by atoms with Crippen LogP contribution < -0.4 is 14.2 Å². The second kappa shape index (κ2) is 8.15. The molecule has 0 spiro atoms. The fourth-order valence-corrected chi connectivity index (χ4v) is 3.90. The van der Waals surface area contributed by atoms with Crippen molar-refractivity contribution in [1.82, 2.24) is 0 Å². The second-order valence-corrected chi connectivity index (χ2v) is 7.07. The Morgan fingerprint density at radius 2 is 1.70 bits per heavy atom. The molecular weight excluding hydrogens is 364 g/mol. The third kappa shape index (κ3) is 3.73. The Kier molecular flexibility index (Phi) is 5.87. The number of furan rings is 1. The lowest BCUT2D eigenvalue weighted by molar-refractivity contribution is 0.195. The van der Waals surface area contributed by atoms with Gasteiger partial charge in [0.2, 0.25) is 0 Å². The first kappa shape index (κ1) is 19.5. The van der Waals surface area contributed by atoms with Crippen molar-refractivity contribution in [2.45, 2.75) is 24.3 Å². The Labute approximate surface area is 163 Å². The van der Waals surface area contributed by atoms with E-state index < -0.39 is 6.10 Å². The van der Waals surface area contributed by atoms with Crippen molar-refractivity contribution in [3.63, 3.8) is 0 Å². The molecule has 3 aromatic rings. The van der Waals surface area contributed by atoms with Gasteiger partial charge in [0.05, 0.1) is 32.3 Å². The molecule has 1 atom stereocenters. The molecule has 0 amide bonds. The van der Waals surface area contributed by atoms with E-state index in [2.05, 4.69) is 6.07 Å². The number of hydrogen-bond donors (Lipinski definition) is 1. The van der Waals surface area contributed by atoms with Crippen molar-refractivity contribution >= 4 is 22.7 Å². The molecule has 5 nitrogen and oxygen atoms in total. The first-order valence-corrected chi connectivity index (χ1v) is 9.82. The molecule has 0 aliphatic carbocycles. The highest BCUT2D eigenvalue weighted by molar-refractivity contribution is 7.99. The van der Waals surface area contributed by atoms with E-state index in [1.165, 1.54) is 0 Å². The molecule has 0 saturated carbocycles. The molecule has 2 aromatic carbocycles. The topological polar surface area (TPSA) is 61.1 Å². The zero-order valence-electron chi connectivity index (χ0n) is 16.2.